The SMILES string of the molecule is Cc1ccc(C(C2CCCN2)N2CCCCC2)cc1C. The number of nitrogens with one attached hydrogen (secondary N) is 1. The molecule has 3 rings (SSSR count). The highest BCUT2D eigenvalue weighted by Gasteiger charge is 2.31. The minimum absolute atomic E-state index is 0.581. The first-order chi connectivity index (χ1) is 9.75. The van der Waals surface area contributed by atoms with Crippen molar-refractivity contribution in [2.24, 2.45) is 0 Å². The number of rotatable bonds is 3. The van der Waals surface area contributed by atoms with Crippen molar-refractivity contribution in [1.82, 2.24) is 10.2 Å². The number of benzene rings is 1. The van der Waals surface area contributed by atoms with E-state index in [-0.39, 0.29) is 0 Å². The number of nitrogens with zero attached hydrogens (tertiary/aromatic N) is 1. The van der Waals surface area contributed by atoms with E-state index >= 15 is 0 Å². The van der Waals surface area contributed by atoms with E-state index in [9.17, 15) is 0 Å². The summed E-state index contributed by atoms with van der Waals surface area (Å²) in [6.45, 7) is 8.20. The molecule has 2 heterocycles. The molecule has 0 amide bonds. The zero-order chi connectivity index (χ0) is 13.9. The van der Waals surface area contributed by atoms with Crippen LogP contribution in [-0.2, 0) is 0 Å². The highest BCUT2D eigenvalue weighted by Crippen LogP contribution is 2.32. The number of aryl methyl sites for hydroxylation is 2. The van der Waals surface area contributed by atoms with Crippen molar-refractivity contribution in [2.75, 3.05) is 19.6 Å². The molecular formula is C18H28N2. The maximum Gasteiger partial charge on any atom is 0.0501 e. The molecule has 0 spiro atoms. The summed E-state index contributed by atoms with van der Waals surface area (Å²) in [5.41, 5.74) is 4.36. The molecule has 1 aromatic rings. The summed E-state index contributed by atoms with van der Waals surface area (Å²) in [5.74, 6) is 0. The molecule has 2 unspecified atom stereocenters. The van der Waals surface area contributed by atoms with Gasteiger partial charge in [0.05, 0.1) is 6.04 Å². The van der Waals surface area contributed by atoms with E-state index in [2.05, 4.69) is 42.3 Å². The van der Waals surface area contributed by atoms with Gasteiger partial charge in [-0.2, -0.15) is 0 Å². The van der Waals surface area contributed by atoms with E-state index in [4.69, 9.17) is 0 Å². The second-order valence-corrected chi connectivity index (χ2v) is 6.59. The summed E-state index contributed by atoms with van der Waals surface area (Å²) >= 11 is 0. The van der Waals surface area contributed by atoms with Crippen LogP contribution in [0.25, 0.3) is 0 Å². The van der Waals surface area contributed by atoms with Gasteiger partial charge in [0.25, 0.3) is 0 Å². The molecule has 0 saturated carbocycles. The fourth-order valence-corrected chi connectivity index (χ4v) is 3.82. The Hall–Kier alpha value is -0.860. The fraction of sp³-hybridized carbons (Fsp3) is 0.667. The Labute approximate surface area is 123 Å². The smallest absolute Gasteiger partial charge is 0.0501 e. The topological polar surface area (TPSA) is 15.3 Å². The van der Waals surface area contributed by atoms with Gasteiger partial charge in [-0.1, -0.05) is 24.6 Å². The highest BCUT2D eigenvalue weighted by molar-refractivity contribution is 5.32. The number of piperidine rings is 1. The Bertz CT molecular complexity index is 443. The quantitative estimate of drug-likeness (QED) is 0.904. The molecule has 2 aliphatic rings. The van der Waals surface area contributed by atoms with Gasteiger partial charge in [-0.3, -0.25) is 4.90 Å². The van der Waals surface area contributed by atoms with Crippen LogP contribution in [0.15, 0.2) is 18.2 Å². The first-order valence-corrected chi connectivity index (χ1v) is 8.30. The lowest BCUT2D eigenvalue weighted by atomic mass is 9.92. The Morgan fingerprint density at radius 2 is 1.85 bits per heavy atom. The van der Waals surface area contributed by atoms with Gasteiger partial charge in [0.2, 0.25) is 0 Å². The van der Waals surface area contributed by atoms with Gasteiger partial charge in [0.1, 0.15) is 0 Å². The molecule has 1 N–H and O–H groups in total. The Morgan fingerprint density at radius 1 is 1.05 bits per heavy atom. The monoisotopic (exact) mass is 272 g/mol. The van der Waals surface area contributed by atoms with Crippen LogP contribution in [0.2, 0.25) is 0 Å². The van der Waals surface area contributed by atoms with Crippen molar-refractivity contribution >= 4 is 0 Å². The van der Waals surface area contributed by atoms with Crippen molar-refractivity contribution in [3.63, 3.8) is 0 Å². The molecule has 2 aliphatic heterocycles. The van der Waals surface area contributed by atoms with Crippen molar-refractivity contribution in [2.45, 2.75) is 58.0 Å². The first kappa shape index (κ1) is 14.1. The third-order valence-electron chi connectivity index (χ3n) is 5.14. The van der Waals surface area contributed by atoms with Crippen molar-refractivity contribution < 1.29 is 0 Å². The summed E-state index contributed by atoms with van der Waals surface area (Å²) in [5, 5.41) is 3.74. The number of hydrogen-bond donors (Lipinski definition) is 1. The van der Waals surface area contributed by atoms with Gasteiger partial charge in [-0.25, -0.2) is 0 Å². The van der Waals surface area contributed by atoms with Gasteiger partial charge in [-0.15, -0.1) is 0 Å². The fourth-order valence-electron chi connectivity index (χ4n) is 3.82. The van der Waals surface area contributed by atoms with Crippen LogP contribution in [0.3, 0.4) is 0 Å². The summed E-state index contributed by atoms with van der Waals surface area (Å²) < 4.78 is 0. The average molecular weight is 272 g/mol. The van der Waals surface area contributed by atoms with Crippen LogP contribution in [0, 0.1) is 13.8 Å². The predicted octanol–water partition coefficient (Wildman–Crippen LogP) is 3.58. The van der Waals surface area contributed by atoms with Gasteiger partial charge < -0.3 is 5.32 Å². The van der Waals surface area contributed by atoms with Crippen LogP contribution >= 0.6 is 0 Å². The van der Waals surface area contributed by atoms with Gasteiger partial charge in [-0.05, 0) is 75.9 Å². The average Bonchev–Trinajstić information content (AvgIpc) is 2.98. The van der Waals surface area contributed by atoms with E-state index in [1.54, 1.807) is 0 Å². The summed E-state index contributed by atoms with van der Waals surface area (Å²) in [4.78, 5) is 2.73. The zero-order valence-electron chi connectivity index (χ0n) is 13.0. The van der Waals surface area contributed by atoms with Crippen LogP contribution in [0.4, 0.5) is 0 Å². The Morgan fingerprint density at radius 3 is 2.50 bits per heavy atom. The second-order valence-electron chi connectivity index (χ2n) is 6.59. The molecule has 0 aliphatic carbocycles. The Kier molecular flexibility index (Phi) is 4.42. The third kappa shape index (κ3) is 2.91. The molecule has 0 bridgehead atoms. The minimum Gasteiger partial charge on any atom is -0.312 e. The molecule has 2 atom stereocenters. The normalized spacial score (nSPS) is 25.8. The lowest BCUT2D eigenvalue weighted by molar-refractivity contribution is 0.136. The van der Waals surface area contributed by atoms with Crippen LogP contribution in [0.1, 0.15) is 54.8 Å². The lowest BCUT2D eigenvalue weighted by Crippen LogP contribution is -2.43. The molecule has 20 heavy (non-hydrogen) atoms. The summed E-state index contributed by atoms with van der Waals surface area (Å²) in [7, 11) is 0. The summed E-state index contributed by atoms with van der Waals surface area (Å²) in [6.07, 6.45) is 6.81. The zero-order valence-corrected chi connectivity index (χ0v) is 13.0. The number of hydrogen-bond acceptors (Lipinski definition) is 2. The minimum atomic E-state index is 0.581. The maximum absolute atomic E-state index is 3.74. The Balaban J connectivity index is 1.88. The third-order valence-corrected chi connectivity index (χ3v) is 5.14. The van der Waals surface area contributed by atoms with E-state index < -0.39 is 0 Å². The first-order valence-electron chi connectivity index (χ1n) is 8.30. The van der Waals surface area contributed by atoms with Gasteiger partial charge in [0.15, 0.2) is 0 Å². The van der Waals surface area contributed by atoms with Crippen LogP contribution in [0.5, 0.6) is 0 Å². The van der Waals surface area contributed by atoms with Crippen molar-refractivity contribution in [1.29, 1.82) is 0 Å². The van der Waals surface area contributed by atoms with E-state index in [1.165, 1.54) is 68.4 Å². The molecule has 0 radical (unpaired) electrons. The maximum atomic E-state index is 3.74. The van der Waals surface area contributed by atoms with Crippen molar-refractivity contribution in [3.8, 4) is 0 Å². The number of likely N-dealkylation sites (tertiary alicyclic amines) is 1. The lowest BCUT2D eigenvalue weighted by Gasteiger charge is -2.38. The largest absolute Gasteiger partial charge is 0.312 e. The molecule has 0 aromatic heterocycles. The highest BCUT2D eigenvalue weighted by atomic mass is 15.2. The molecule has 2 nitrogen and oxygen atoms in total. The molecular weight excluding hydrogens is 244 g/mol. The molecule has 1 aromatic carbocycles. The van der Waals surface area contributed by atoms with Gasteiger partial charge in [0, 0.05) is 6.04 Å². The van der Waals surface area contributed by atoms with Crippen molar-refractivity contribution in [3.05, 3.63) is 34.9 Å². The van der Waals surface area contributed by atoms with E-state index in [1.807, 2.05) is 0 Å². The van der Waals surface area contributed by atoms with E-state index in [0.29, 0.717) is 12.1 Å². The van der Waals surface area contributed by atoms with Gasteiger partial charge >= 0.3 is 0 Å². The molecule has 2 heteroatoms. The summed E-state index contributed by atoms with van der Waals surface area (Å²) in [6, 6.07) is 8.32. The second kappa shape index (κ2) is 6.28. The molecule has 110 valence electrons. The van der Waals surface area contributed by atoms with Crippen LogP contribution < -0.4 is 5.32 Å². The van der Waals surface area contributed by atoms with E-state index in [0.717, 1.165) is 0 Å². The predicted molar refractivity (Wildman–Crippen MR) is 85.1 cm³/mol. The van der Waals surface area contributed by atoms with Crippen LogP contribution in [-0.4, -0.2) is 30.6 Å². The standard InChI is InChI=1S/C18H28N2/c1-14-8-9-16(13-15(14)2)18(17-7-6-10-19-17)20-11-4-3-5-12-20/h8-9,13,17-19H,3-7,10-12H2,1-2H3. The molecule has 2 saturated heterocycles. The molecule has 2 fully saturated rings.